The number of ether oxygens (including phenoxy) is 1. The summed E-state index contributed by atoms with van der Waals surface area (Å²) in [4.78, 5) is 29.8. The zero-order chi connectivity index (χ0) is 21.8. The molecule has 0 aliphatic rings. The molecule has 10 heteroatoms. The Morgan fingerprint density at radius 3 is 2.63 bits per heavy atom. The summed E-state index contributed by atoms with van der Waals surface area (Å²) in [6.07, 6.45) is -0.223. The second kappa shape index (κ2) is 9.57. The van der Waals surface area contributed by atoms with Crippen molar-refractivity contribution < 1.29 is 27.5 Å². The molecule has 0 fully saturated rings. The van der Waals surface area contributed by atoms with Crippen molar-refractivity contribution in [1.82, 2.24) is 4.98 Å². The number of carbonyl (C=O) groups excluding carboxylic acids is 2. The first-order valence-electron chi connectivity index (χ1n) is 8.94. The fourth-order valence-electron chi connectivity index (χ4n) is 2.78. The van der Waals surface area contributed by atoms with Crippen molar-refractivity contribution in [3.63, 3.8) is 0 Å². The van der Waals surface area contributed by atoms with Crippen molar-refractivity contribution in [3.8, 4) is 0 Å². The van der Waals surface area contributed by atoms with Gasteiger partial charge in [-0.15, -0.1) is 11.3 Å². The minimum absolute atomic E-state index is 0.0992. The summed E-state index contributed by atoms with van der Waals surface area (Å²) in [5.74, 6) is -4.38. The van der Waals surface area contributed by atoms with Gasteiger partial charge in [0.1, 0.15) is 16.3 Å². The van der Waals surface area contributed by atoms with Crippen LogP contribution in [0.3, 0.4) is 0 Å². The van der Waals surface area contributed by atoms with E-state index in [1.54, 1.807) is 31.2 Å². The molecule has 0 bridgehead atoms. The van der Waals surface area contributed by atoms with Crippen LogP contribution in [0, 0.1) is 17.5 Å². The average molecular weight is 501 g/mol. The Labute approximate surface area is 182 Å². The molecule has 0 aliphatic carbocycles. The van der Waals surface area contributed by atoms with E-state index < -0.39 is 34.8 Å². The van der Waals surface area contributed by atoms with E-state index in [-0.39, 0.29) is 35.7 Å². The lowest BCUT2D eigenvalue weighted by atomic mass is 10.2. The number of aromatic nitrogens is 1. The van der Waals surface area contributed by atoms with Crippen LogP contribution in [0.15, 0.2) is 34.8 Å². The summed E-state index contributed by atoms with van der Waals surface area (Å²) in [5.41, 5.74) is 0.0882. The molecule has 30 heavy (non-hydrogen) atoms. The second-order valence-corrected chi connectivity index (χ2v) is 8.20. The number of benzene rings is 2. The smallest absolute Gasteiger partial charge is 0.306 e. The molecule has 0 aliphatic heterocycles. The Morgan fingerprint density at radius 1 is 1.17 bits per heavy atom. The van der Waals surface area contributed by atoms with Gasteiger partial charge in [-0.25, -0.2) is 18.2 Å². The standard InChI is InChI=1S/C20H16BrF3N2O3S/c1-2-29-17(28)7-6-16(27)26(12-5-3-4-11(21)8-12)10-15-25-19-18(24)13(22)9-14(23)20(19)30-15/h3-5,8-9H,2,6-7,10H2,1H3. The van der Waals surface area contributed by atoms with Gasteiger partial charge >= 0.3 is 5.97 Å². The van der Waals surface area contributed by atoms with E-state index in [1.165, 1.54) is 4.90 Å². The number of fused-ring (bicyclic) bond motifs is 1. The quantitative estimate of drug-likeness (QED) is 0.324. The predicted molar refractivity (Wildman–Crippen MR) is 111 cm³/mol. The van der Waals surface area contributed by atoms with Crippen LogP contribution in [0.25, 0.3) is 10.2 Å². The molecule has 0 atom stereocenters. The van der Waals surface area contributed by atoms with E-state index >= 15 is 0 Å². The Kier molecular flexibility index (Phi) is 7.09. The molecule has 1 heterocycles. The third kappa shape index (κ3) is 4.99. The summed E-state index contributed by atoms with van der Waals surface area (Å²) >= 11 is 4.17. The zero-order valence-electron chi connectivity index (χ0n) is 15.8. The largest absolute Gasteiger partial charge is 0.466 e. The van der Waals surface area contributed by atoms with Gasteiger partial charge in [0.15, 0.2) is 11.6 Å². The molecule has 1 amide bonds. The van der Waals surface area contributed by atoms with Crippen LogP contribution in [0.5, 0.6) is 0 Å². The highest BCUT2D eigenvalue weighted by molar-refractivity contribution is 9.10. The van der Waals surface area contributed by atoms with Gasteiger partial charge in [0, 0.05) is 22.6 Å². The first-order chi connectivity index (χ1) is 14.3. The fourth-order valence-corrected chi connectivity index (χ4v) is 4.12. The highest BCUT2D eigenvalue weighted by atomic mass is 79.9. The van der Waals surface area contributed by atoms with E-state index in [9.17, 15) is 22.8 Å². The van der Waals surface area contributed by atoms with Gasteiger partial charge in [-0.05, 0) is 25.1 Å². The van der Waals surface area contributed by atoms with Crippen LogP contribution >= 0.6 is 27.3 Å². The maximum Gasteiger partial charge on any atom is 0.306 e. The van der Waals surface area contributed by atoms with E-state index in [2.05, 4.69) is 20.9 Å². The molecule has 0 saturated carbocycles. The summed E-state index contributed by atoms with van der Waals surface area (Å²) < 4.78 is 47.0. The van der Waals surface area contributed by atoms with Crippen LogP contribution < -0.4 is 4.90 Å². The maximum atomic E-state index is 14.0. The van der Waals surface area contributed by atoms with Crippen molar-refractivity contribution in [2.24, 2.45) is 0 Å². The summed E-state index contributed by atoms with van der Waals surface area (Å²) in [7, 11) is 0. The summed E-state index contributed by atoms with van der Waals surface area (Å²) in [6.45, 7) is 1.78. The third-order valence-corrected chi connectivity index (χ3v) is 5.66. The lowest BCUT2D eigenvalue weighted by molar-refractivity contribution is -0.144. The molecule has 0 N–H and O–H groups in total. The molecular formula is C20H16BrF3N2O3S. The van der Waals surface area contributed by atoms with Crippen LogP contribution in [0.4, 0.5) is 18.9 Å². The normalized spacial score (nSPS) is 11.0. The number of carbonyl (C=O) groups is 2. The maximum absolute atomic E-state index is 14.0. The minimum atomic E-state index is -1.33. The Balaban J connectivity index is 1.92. The molecule has 0 radical (unpaired) electrons. The van der Waals surface area contributed by atoms with E-state index in [0.717, 1.165) is 11.3 Å². The number of halogens is 4. The molecule has 0 saturated heterocycles. The topological polar surface area (TPSA) is 59.5 Å². The summed E-state index contributed by atoms with van der Waals surface area (Å²) in [5, 5.41) is 0.220. The van der Waals surface area contributed by atoms with Gasteiger partial charge in [0.25, 0.3) is 0 Å². The van der Waals surface area contributed by atoms with Crippen molar-refractivity contribution in [2.45, 2.75) is 26.3 Å². The molecule has 0 spiro atoms. The number of hydrogen-bond acceptors (Lipinski definition) is 5. The van der Waals surface area contributed by atoms with Gasteiger partial charge in [0.2, 0.25) is 5.91 Å². The number of anilines is 1. The van der Waals surface area contributed by atoms with Gasteiger partial charge in [0.05, 0.1) is 24.3 Å². The van der Waals surface area contributed by atoms with Crippen molar-refractivity contribution >= 4 is 55.0 Å². The van der Waals surface area contributed by atoms with Crippen LogP contribution in [-0.4, -0.2) is 23.5 Å². The van der Waals surface area contributed by atoms with E-state index in [1.807, 2.05) is 0 Å². The molecule has 2 aromatic carbocycles. The van der Waals surface area contributed by atoms with Crippen LogP contribution in [-0.2, 0) is 20.9 Å². The first-order valence-corrected chi connectivity index (χ1v) is 10.6. The third-order valence-electron chi connectivity index (χ3n) is 4.12. The number of thiazole rings is 1. The SMILES string of the molecule is CCOC(=O)CCC(=O)N(Cc1nc2c(F)c(F)cc(F)c2s1)c1cccc(Br)c1. The van der Waals surface area contributed by atoms with Gasteiger partial charge in [-0.1, -0.05) is 22.0 Å². The van der Waals surface area contributed by atoms with Crippen molar-refractivity contribution in [2.75, 3.05) is 11.5 Å². The van der Waals surface area contributed by atoms with Crippen molar-refractivity contribution in [1.29, 1.82) is 0 Å². The van der Waals surface area contributed by atoms with Gasteiger partial charge < -0.3 is 9.64 Å². The highest BCUT2D eigenvalue weighted by Gasteiger charge is 2.22. The first kappa shape index (κ1) is 22.2. The van der Waals surface area contributed by atoms with Crippen LogP contribution in [0.2, 0.25) is 0 Å². The van der Waals surface area contributed by atoms with Gasteiger partial charge in [-0.3, -0.25) is 9.59 Å². The van der Waals surface area contributed by atoms with E-state index in [4.69, 9.17) is 4.74 Å². The number of amides is 1. The monoisotopic (exact) mass is 500 g/mol. The Hall–Kier alpha value is -2.46. The fraction of sp³-hybridized carbons (Fsp3) is 0.250. The highest BCUT2D eigenvalue weighted by Crippen LogP contribution is 2.31. The molecule has 158 valence electrons. The lowest BCUT2D eigenvalue weighted by Gasteiger charge is -2.22. The number of hydrogen-bond donors (Lipinski definition) is 0. The van der Waals surface area contributed by atoms with Crippen molar-refractivity contribution in [3.05, 3.63) is 57.3 Å². The molecule has 0 unspecified atom stereocenters. The van der Waals surface area contributed by atoms with Gasteiger partial charge in [-0.2, -0.15) is 0 Å². The average Bonchev–Trinajstić information content (AvgIpc) is 3.13. The number of nitrogens with zero attached hydrogens (tertiary/aromatic N) is 2. The minimum Gasteiger partial charge on any atom is -0.466 e. The second-order valence-electron chi connectivity index (χ2n) is 6.20. The Bertz CT molecular complexity index is 1110. The van der Waals surface area contributed by atoms with E-state index in [0.29, 0.717) is 16.2 Å². The van der Waals surface area contributed by atoms with Crippen LogP contribution in [0.1, 0.15) is 24.8 Å². The molecule has 5 nitrogen and oxygen atoms in total. The Morgan fingerprint density at radius 2 is 1.93 bits per heavy atom. The lowest BCUT2D eigenvalue weighted by Crippen LogP contribution is -2.30. The number of esters is 1. The zero-order valence-corrected chi connectivity index (χ0v) is 18.2. The molecule has 1 aromatic heterocycles. The molecular weight excluding hydrogens is 485 g/mol. The number of rotatable bonds is 7. The molecule has 3 aromatic rings. The molecule has 3 rings (SSSR count). The predicted octanol–water partition coefficient (Wildman–Crippen LogP) is 5.35. The summed E-state index contributed by atoms with van der Waals surface area (Å²) in [6, 6.07) is 7.34.